The molecule has 98 valence electrons. The van der Waals surface area contributed by atoms with Crippen molar-refractivity contribution in [1.29, 1.82) is 0 Å². The number of aromatic nitrogens is 2. The van der Waals surface area contributed by atoms with Gasteiger partial charge in [0.15, 0.2) is 0 Å². The van der Waals surface area contributed by atoms with Crippen LogP contribution in [0.2, 0.25) is 0 Å². The van der Waals surface area contributed by atoms with Crippen LogP contribution in [0, 0.1) is 0 Å². The zero-order chi connectivity index (χ0) is 12.5. The van der Waals surface area contributed by atoms with E-state index in [-0.39, 0.29) is 0 Å². The van der Waals surface area contributed by atoms with E-state index in [1.165, 1.54) is 63.9 Å². The van der Waals surface area contributed by atoms with Gasteiger partial charge in [-0.2, -0.15) is 0 Å². The molecule has 0 spiro atoms. The van der Waals surface area contributed by atoms with Crippen LogP contribution >= 0.6 is 0 Å². The fraction of sp³-hybridized carbons (Fsp3) is 0.800. The lowest BCUT2D eigenvalue weighted by atomic mass is 10.1. The molecule has 1 aromatic rings. The Morgan fingerprint density at radius 1 is 1.00 bits per heavy atom. The predicted molar refractivity (Wildman–Crippen MR) is 73.1 cm³/mol. The van der Waals surface area contributed by atoms with E-state index in [1.807, 2.05) is 0 Å². The van der Waals surface area contributed by atoms with E-state index in [0.29, 0.717) is 0 Å². The molecule has 0 aliphatic carbocycles. The van der Waals surface area contributed by atoms with Crippen LogP contribution in [0.3, 0.4) is 0 Å². The number of hydrogen-bond donors (Lipinski definition) is 0. The Hall–Kier alpha value is -0.790. The molecule has 0 fully saturated rings. The fourth-order valence-corrected chi connectivity index (χ4v) is 2.38. The molecule has 0 saturated heterocycles. The summed E-state index contributed by atoms with van der Waals surface area (Å²) in [5.41, 5.74) is 0. The molecule has 17 heavy (non-hydrogen) atoms. The van der Waals surface area contributed by atoms with Crippen LogP contribution in [0.5, 0.6) is 0 Å². The molecule has 0 radical (unpaired) electrons. The van der Waals surface area contributed by atoms with Gasteiger partial charge >= 0.3 is 0 Å². The van der Waals surface area contributed by atoms with Gasteiger partial charge in [0, 0.05) is 6.42 Å². The van der Waals surface area contributed by atoms with Crippen molar-refractivity contribution in [1.82, 2.24) is 4.57 Å². The van der Waals surface area contributed by atoms with Gasteiger partial charge in [-0.3, -0.25) is 0 Å². The molecule has 0 aliphatic rings. The number of unbranched alkanes of at least 4 members (excludes halogenated alkanes) is 3. The average Bonchev–Trinajstić information content (AvgIpc) is 2.69. The molecule has 0 unspecified atom stereocenters. The minimum atomic E-state index is 1.17. The van der Waals surface area contributed by atoms with E-state index in [2.05, 4.69) is 42.3 Å². The van der Waals surface area contributed by atoms with E-state index >= 15 is 0 Å². The second kappa shape index (κ2) is 8.32. The highest BCUT2D eigenvalue weighted by molar-refractivity contribution is 4.84. The van der Waals surface area contributed by atoms with Gasteiger partial charge in [-0.05, 0) is 19.3 Å². The summed E-state index contributed by atoms with van der Waals surface area (Å²) in [7, 11) is 0. The molecule has 0 atom stereocenters. The van der Waals surface area contributed by atoms with E-state index in [0.717, 1.165) is 0 Å². The third-order valence-corrected chi connectivity index (χ3v) is 3.27. The smallest absolute Gasteiger partial charge is 0.234 e. The first-order chi connectivity index (χ1) is 8.33. The van der Waals surface area contributed by atoms with E-state index < -0.39 is 0 Å². The fourth-order valence-electron chi connectivity index (χ4n) is 2.38. The van der Waals surface area contributed by atoms with Crippen molar-refractivity contribution in [2.24, 2.45) is 0 Å². The van der Waals surface area contributed by atoms with Crippen LogP contribution in [-0.2, 0) is 19.5 Å². The van der Waals surface area contributed by atoms with Gasteiger partial charge in [0.25, 0.3) is 5.82 Å². The highest BCUT2D eigenvalue weighted by Crippen LogP contribution is 2.06. The van der Waals surface area contributed by atoms with E-state index in [9.17, 15) is 0 Å². The first kappa shape index (κ1) is 14.3. The first-order valence-corrected chi connectivity index (χ1v) is 7.40. The van der Waals surface area contributed by atoms with Crippen molar-refractivity contribution in [2.75, 3.05) is 0 Å². The molecule has 2 heteroatoms. The van der Waals surface area contributed by atoms with Crippen molar-refractivity contribution in [3.8, 4) is 0 Å². The van der Waals surface area contributed by atoms with Gasteiger partial charge in [-0.15, -0.1) is 0 Å². The van der Waals surface area contributed by atoms with Gasteiger partial charge < -0.3 is 0 Å². The predicted octanol–water partition coefficient (Wildman–Crippen LogP) is 3.72. The summed E-state index contributed by atoms with van der Waals surface area (Å²) in [6.45, 7) is 9.12. The van der Waals surface area contributed by atoms with Gasteiger partial charge in [0.2, 0.25) is 0 Å². The lowest BCUT2D eigenvalue weighted by molar-refractivity contribution is -0.703. The molecule has 1 rings (SSSR count). The van der Waals surface area contributed by atoms with Crippen molar-refractivity contribution >= 4 is 0 Å². The Morgan fingerprint density at radius 3 is 2.47 bits per heavy atom. The normalized spacial score (nSPS) is 11.0. The minimum Gasteiger partial charge on any atom is -0.234 e. The van der Waals surface area contributed by atoms with Crippen molar-refractivity contribution < 1.29 is 4.57 Å². The molecule has 0 aliphatic heterocycles. The molecule has 2 nitrogen and oxygen atoms in total. The van der Waals surface area contributed by atoms with Gasteiger partial charge in [0.1, 0.15) is 12.4 Å². The zero-order valence-corrected chi connectivity index (χ0v) is 11.9. The molecule has 0 bridgehead atoms. The standard InChI is InChI=1S/C15H29N2/c1-4-7-8-9-10-15-16(11-5-2)13-14-17(15)12-6-3/h13-14H,4-12H2,1-3H3/q+1. The van der Waals surface area contributed by atoms with Gasteiger partial charge in [-0.25, -0.2) is 9.13 Å². The second-order valence-corrected chi connectivity index (χ2v) is 4.91. The van der Waals surface area contributed by atoms with Crippen LogP contribution in [0.15, 0.2) is 12.4 Å². The van der Waals surface area contributed by atoms with Crippen LogP contribution < -0.4 is 4.57 Å². The molecule has 0 N–H and O–H groups in total. The largest absolute Gasteiger partial charge is 0.256 e. The molecular weight excluding hydrogens is 208 g/mol. The van der Waals surface area contributed by atoms with Crippen molar-refractivity contribution in [2.45, 2.75) is 78.8 Å². The summed E-state index contributed by atoms with van der Waals surface area (Å²) in [6, 6.07) is 0. The SMILES string of the molecule is CCCCCCc1n(CCC)cc[n+]1CCC. The maximum absolute atomic E-state index is 2.45. The average molecular weight is 237 g/mol. The van der Waals surface area contributed by atoms with Crippen LogP contribution in [0.4, 0.5) is 0 Å². The van der Waals surface area contributed by atoms with Crippen LogP contribution in [0.25, 0.3) is 0 Å². The lowest BCUT2D eigenvalue weighted by Crippen LogP contribution is -2.37. The zero-order valence-electron chi connectivity index (χ0n) is 11.9. The van der Waals surface area contributed by atoms with Crippen molar-refractivity contribution in [3.05, 3.63) is 18.2 Å². The Kier molecular flexibility index (Phi) is 6.99. The maximum Gasteiger partial charge on any atom is 0.256 e. The summed E-state index contributed by atoms with van der Waals surface area (Å²) in [5.74, 6) is 1.53. The van der Waals surface area contributed by atoms with Crippen LogP contribution in [-0.4, -0.2) is 4.57 Å². The quantitative estimate of drug-likeness (QED) is 0.457. The van der Waals surface area contributed by atoms with E-state index in [4.69, 9.17) is 0 Å². The molecule has 1 aromatic heterocycles. The minimum absolute atomic E-state index is 1.17. The number of hydrogen-bond acceptors (Lipinski definition) is 0. The summed E-state index contributed by atoms with van der Waals surface area (Å²) in [6.07, 6.45) is 13.6. The number of aryl methyl sites for hydroxylation is 2. The van der Waals surface area contributed by atoms with Gasteiger partial charge in [-0.1, -0.05) is 40.0 Å². The summed E-state index contributed by atoms with van der Waals surface area (Å²) >= 11 is 0. The van der Waals surface area contributed by atoms with Crippen molar-refractivity contribution in [3.63, 3.8) is 0 Å². The molecular formula is C15H29N2+. The Morgan fingerprint density at radius 2 is 1.82 bits per heavy atom. The highest BCUT2D eigenvalue weighted by atomic mass is 15.1. The first-order valence-electron chi connectivity index (χ1n) is 7.40. The molecule has 1 heterocycles. The monoisotopic (exact) mass is 237 g/mol. The van der Waals surface area contributed by atoms with Crippen LogP contribution in [0.1, 0.15) is 65.1 Å². The number of rotatable bonds is 9. The molecule has 0 amide bonds. The summed E-state index contributed by atoms with van der Waals surface area (Å²) in [5, 5.41) is 0. The second-order valence-electron chi connectivity index (χ2n) is 4.91. The summed E-state index contributed by atoms with van der Waals surface area (Å²) < 4.78 is 4.89. The molecule has 0 aromatic carbocycles. The highest BCUT2D eigenvalue weighted by Gasteiger charge is 2.15. The third kappa shape index (κ3) is 4.53. The Bertz CT molecular complexity index is 278. The Labute approximate surface area is 107 Å². The maximum atomic E-state index is 2.45. The Balaban J connectivity index is 2.59. The number of nitrogens with zero attached hydrogens (tertiary/aromatic N) is 2. The van der Waals surface area contributed by atoms with E-state index in [1.54, 1.807) is 0 Å². The molecule has 0 saturated carbocycles. The topological polar surface area (TPSA) is 8.81 Å². The number of imidazole rings is 1. The third-order valence-electron chi connectivity index (χ3n) is 3.27. The lowest BCUT2D eigenvalue weighted by Gasteiger charge is -2.04. The van der Waals surface area contributed by atoms with Gasteiger partial charge in [0.05, 0.1) is 13.1 Å². The summed E-state index contributed by atoms with van der Waals surface area (Å²) in [4.78, 5) is 0.